The quantitative estimate of drug-likeness (QED) is 0.755. The number of carbonyl (C=O) groups is 1. The van der Waals surface area contributed by atoms with Crippen LogP contribution in [0.5, 0.6) is 0 Å². The number of hydrogen-bond acceptors (Lipinski definition) is 1. The molecule has 1 atom stereocenters. The highest BCUT2D eigenvalue weighted by Crippen LogP contribution is 2.21. The minimum absolute atomic E-state index is 0.163. The van der Waals surface area contributed by atoms with E-state index < -0.39 is 5.82 Å². The minimum Gasteiger partial charge on any atom is -0.338 e. The SMILES string of the molecule is Cc1ccc(C(=O)N2CCCC(CCl)C2)c(F)c1. The maximum Gasteiger partial charge on any atom is 0.256 e. The summed E-state index contributed by atoms with van der Waals surface area (Å²) < 4.78 is 13.8. The molecule has 98 valence electrons. The maximum absolute atomic E-state index is 13.8. The maximum atomic E-state index is 13.8. The van der Waals surface area contributed by atoms with E-state index in [1.54, 1.807) is 17.0 Å². The molecule has 4 heteroatoms. The Morgan fingerprint density at radius 3 is 3.00 bits per heavy atom. The minimum atomic E-state index is -0.437. The molecule has 2 rings (SSSR count). The molecule has 1 aliphatic heterocycles. The van der Waals surface area contributed by atoms with Crippen molar-refractivity contribution < 1.29 is 9.18 Å². The second kappa shape index (κ2) is 5.70. The third-order valence-corrected chi connectivity index (χ3v) is 3.82. The van der Waals surface area contributed by atoms with Crippen LogP contribution in [0.15, 0.2) is 18.2 Å². The van der Waals surface area contributed by atoms with Crippen LogP contribution in [-0.2, 0) is 0 Å². The number of carbonyl (C=O) groups excluding carboxylic acids is 1. The summed E-state index contributed by atoms with van der Waals surface area (Å²) in [5.74, 6) is 0.230. The number of nitrogens with zero attached hydrogens (tertiary/aromatic N) is 1. The van der Waals surface area contributed by atoms with Crippen molar-refractivity contribution in [2.75, 3.05) is 19.0 Å². The van der Waals surface area contributed by atoms with Crippen molar-refractivity contribution in [3.05, 3.63) is 35.1 Å². The first-order chi connectivity index (χ1) is 8.61. The van der Waals surface area contributed by atoms with Gasteiger partial charge in [0.25, 0.3) is 5.91 Å². The normalized spacial score (nSPS) is 19.9. The lowest BCUT2D eigenvalue weighted by molar-refractivity contribution is 0.0680. The summed E-state index contributed by atoms with van der Waals surface area (Å²) in [4.78, 5) is 13.9. The number of piperidine rings is 1. The van der Waals surface area contributed by atoms with Gasteiger partial charge in [-0.15, -0.1) is 11.6 Å². The van der Waals surface area contributed by atoms with Gasteiger partial charge in [-0.05, 0) is 43.4 Å². The molecule has 2 nitrogen and oxygen atoms in total. The topological polar surface area (TPSA) is 20.3 Å². The van der Waals surface area contributed by atoms with Gasteiger partial charge >= 0.3 is 0 Å². The lowest BCUT2D eigenvalue weighted by Crippen LogP contribution is -2.40. The zero-order chi connectivity index (χ0) is 13.1. The predicted molar refractivity (Wildman–Crippen MR) is 70.5 cm³/mol. The summed E-state index contributed by atoms with van der Waals surface area (Å²) in [6.07, 6.45) is 1.99. The molecule has 0 saturated carbocycles. The zero-order valence-electron chi connectivity index (χ0n) is 10.5. The Kier molecular flexibility index (Phi) is 4.23. The number of benzene rings is 1. The Hall–Kier alpha value is -1.09. The molecular formula is C14H17ClFNO. The molecule has 1 saturated heterocycles. The molecule has 1 unspecified atom stereocenters. The third kappa shape index (κ3) is 2.83. The largest absolute Gasteiger partial charge is 0.338 e. The van der Waals surface area contributed by atoms with Crippen LogP contribution in [0.3, 0.4) is 0 Å². The van der Waals surface area contributed by atoms with Gasteiger partial charge in [-0.25, -0.2) is 4.39 Å². The van der Waals surface area contributed by atoms with Gasteiger partial charge in [0.05, 0.1) is 5.56 Å². The number of likely N-dealkylation sites (tertiary alicyclic amines) is 1. The Morgan fingerprint density at radius 2 is 2.33 bits per heavy atom. The smallest absolute Gasteiger partial charge is 0.256 e. The number of aryl methyl sites for hydroxylation is 1. The van der Waals surface area contributed by atoms with E-state index in [1.165, 1.54) is 6.07 Å². The van der Waals surface area contributed by atoms with E-state index in [-0.39, 0.29) is 11.5 Å². The molecule has 0 spiro atoms. The van der Waals surface area contributed by atoms with Crippen molar-refractivity contribution in [2.24, 2.45) is 5.92 Å². The monoisotopic (exact) mass is 269 g/mol. The second-order valence-corrected chi connectivity index (χ2v) is 5.21. The Labute approximate surface area is 112 Å². The molecule has 0 bridgehead atoms. The highest BCUT2D eigenvalue weighted by atomic mass is 35.5. The van der Waals surface area contributed by atoms with Gasteiger partial charge in [0, 0.05) is 19.0 Å². The second-order valence-electron chi connectivity index (χ2n) is 4.90. The fourth-order valence-electron chi connectivity index (χ4n) is 2.34. The Balaban J connectivity index is 2.15. The van der Waals surface area contributed by atoms with E-state index in [0.717, 1.165) is 18.4 Å². The predicted octanol–water partition coefficient (Wildman–Crippen LogP) is 3.23. The van der Waals surface area contributed by atoms with E-state index in [1.807, 2.05) is 6.92 Å². The molecule has 1 amide bonds. The van der Waals surface area contributed by atoms with Crippen LogP contribution in [0.4, 0.5) is 4.39 Å². The van der Waals surface area contributed by atoms with Gasteiger partial charge in [0.15, 0.2) is 0 Å². The van der Waals surface area contributed by atoms with Crippen LogP contribution < -0.4 is 0 Å². The summed E-state index contributed by atoms with van der Waals surface area (Å²) in [6.45, 7) is 3.14. The third-order valence-electron chi connectivity index (χ3n) is 3.38. The molecular weight excluding hydrogens is 253 g/mol. The van der Waals surface area contributed by atoms with Crippen molar-refractivity contribution in [1.29, 1.82) is 0 Å². The number of rotatable bonds is 2. The molecule has 0 N–H and O–H groups in total. The van der Waals surface area contributed by atoms with Crippen LogP contribution >= 0.6 is 11.6 Å². The van der Waals surface area contributed by atoms with Gasteiger partial charge < -0.3 is 4.90 Å². The van der Waals surface area contributed by atoms with E-state index in [4.69, 9.17) is 11.6 Å². The van der Waals surface area contributed by atoms with Crippen molar-refractivity contribution >= 4 is 17.5 Å². The summed E-state index contributed by atoms with van der Waals surface area (Å²) in [5, 5.41) is 0. The number of alkyl halides is 1. The van der Waals surface area contributed by atoms with Gasteiger partial charge in [0.1, 0.15) is 5.82 Å². The average molecular weight is 270 g/mol. The van der Waals surface area contributed by atoms with Crippen molar-refractivity contribution in [3.8, 4) is 0 Å². The summed E-state index contributed by atoms with van der Waals surface area (Å²) >= 11 is 5.84. The molecule has 1 fully saturated rings. The van der Waals surface area contributed by atoms with E-state index >= 15 is 0 Å². The molecule has 1 aromatic rings. The first kappa shape index (κ1) is 13.3. The van der Waals surface area contributed by atoms with Crippen molar-refractivity contribution in [2.45, 2.75) is 19.8 Å². The van der Waals surface area contributed by atoms with Crippen LogP contribution in [0.25, 0.3) is 0 Å². The van der Waals surface area contributed by atoms with Crippen LogP contribution in [0.1, 0.15) is 28.8 Å². The molecule has 18 heavy (non-hydrogen) atoms. The average Bonchev–Trinajstić information content (AvgIpc) is 2.38. The van der Waals surface area contributed by atoms with E-state index in [2.05, 4.69) is 0 Å². The molecule has 0 aliphatic carbocycles. The number of hydrogen-bond donors (Lipinski definition) is 0. The van der Waals surface area contributed by atoms with Gasteiger partial charge in [0.2, 0.25) is 0 Å². The lowest BCUT2D eigenvalue weighted by atomic mass is 9.99. The Morgan fingerprint density at radius 1 is 1.56 bits per heavy atom. The van der Waals surface area contributed by atoms with Gasteiger partial charge in [-0.3, -0.25) is 4.79 Å². The fourth-order valence-corrected chi connectivity index (χ4v) is 2.59. The van der Waals surface area contributed by atoms with Gasteiger partial charge in [-0.2, -0.15) is 0 Å². The zero-order valence-corrected chi connectivity index (χ0v) is 11.2. The molecule has 0 aromatic heterocycles. The van der Waals surface area contributed by atoms with E-state index in [0.29, 0.717) is 24.9 Å². The van der Waals surface area contributed by atoms with Crippen molar-refractivity contribution in [1.82, 2.24) is 4.90 Å². The lowest BCUT2D eigenvalue weighted by Gasteiger charge is -2.32. The molecule has 1 aliphatic rings. The van der Waals surface area contributed by atoms with Crippen molar-refractivity contribution in [3.63, 3.8) is 0 Å². The van der Waals surface area contributed by atoms with Crippen LogP contribution in [-0.4, -0.2) is 29.8 Å². The summed E-state index contributed by atoms with van der Waals surface area (Å²) in [6, 6.07) is 4.73. The summed E-state index contributed by atoms with van der Waals surface area (Å²) in [5.41, 5.74) is 0.983. The molecule has 1 heterocycles. The molecule has 0 radical (unpaired) electrons. The first-order valence-corrected chi connectivity index (χ1v) is 6.76. The standard InChI is InChI=1S/C14H17ClFNO/c1-10-4-5-12(13(16)7-10)14(18)17-6-2-3-11(8-15)9-17/h4-5,7,11H,2-3,6,8-9H2,1H3. The Bertz CT molecular complexity index is 449. The van der Waals surface area contributed by atoms with E-state index in [9.17, 15) is 9.18 Å². The number of amides is 1. The fraction of sp³-hybridized carbons (Fsp3) is 0.500. The highest BCUT2D eigenvalue weighted by molar-refractivity contribution is 6.18. The number of halogens is 2. The van der Waals surface area contributed by atoms with Crippen LogP contribution in [0.2, 0.25) is 0 Å². The first-order valence-electron chi connectivity index (χ1n) is 6.23. The molecule has 1 aromatic carbocycles. The van der Waals surface area contributed by atoms with Gasteiger partial charge in [-0.1, -0.05) is 6.07 Å². The summed E-state index contributed by atoms with van der Waals surface area (Å²) in [7, 11) is 0. The highest BCUT2D eigenvalue weighted by Gasteiger charge is 2.25. The van der Waals surface area contributed by atoms with Crippen LogP contribution in [0, 0.1) is 18.7 Å².